The zero-order valence-corrected chi connectivity index (χ0v) is 17.4. The van der Waals surface area contributed by atoms with Crippen LogP contribution in [0.3, 0.4) is 0 Å². The molecule has 8 nitrogen and oxygen atoms in total. The van der Waals surface area contributed by atoms with Crippen LogP contribution >= 0.6 is 0 Å². The zero-order chi connectivity index (χ0) is 22.0. The van der Waals surface area contributed by atoms with E-state index in [4.69, 9.17) is 5.73 Å². The summed E-state index contributed by atoms with van der Waals surface area (Å²) < 4.78 is 1.38. The van der Waals surface area contributed by atoms with E-state index < -0.39 is 0 Å². The summed E-state index contributed by atoms with van der Waals surface area (Å²) in [4.78, 5) is 43.8. The summed E-state index contributed by atoms with van der Waals surface area (Å²) in [5.41, 5.74) is 7.44. The number of carbonyl (C=O) groups is 2. The van der Waals surface area contributed by atoms with Gasteiger partial charge in [-0.1, -0.05) is 30.3 Å². The van der Waals surface area contributed by atoms with Crippen LogP contribution in [0, 0.1) is 6.92 Å². The molecule has 1 fully saturated rings. The second-order valence-corrected chi connectivity index (χ2v) is 7.80. The van der Waals surface area contributed by atoms with Crippen molar-refractivity contribution in [2.24, 2.45) is 5.73 Å². The Labute approximate surface area is 179 Å². The largest absolute Gasteiger partial charge is 0.368 e. The van der Waals surface area contributed by atoms with Gasteiger partial charge in [0.2, 0.25) is 11.8 Å². The van der Waals surface area contributed by atoms with Gasteiger partial charge in [-0.15, -0.1) is 0 Å². The molecule has 31 heavy (non-hydrogen) atoms. The number of carbonyl (C=O) groups excluding carboxylic acids is 2. The van der Waals surface area contributed by atoms with Crippen LogP contribution in [0.1, 0.15) is 24.2 Å². The minimum absolute atomic E-state index is 0.134. The van der Waals surface area contributed by atoms with Crippen molar-refractivity contribution in [2.75, 3.05) is 11.9 Å². The average molecular weight is 419 g/mol. The van der Waals surface area contributed by atoms with Crippen molar-refractivity contribution in [2.45, 2.75) is 38.9 Å². The first kappa shape index (κ1) is 20.7. The van der Waals surface area contributed by atoms with Crippen LogP contribution in [0.25, 0.3) is 10.9 Å². The van der Waals surface area contributed by atoms with E-state index in [1.807, 2.05) is 35.2 Å². The molecule has 3 N–H and O–H groups in total. The number of nitrogens with one attached hydrogen (secondary N) is 1. The first-order chi connectivity index (χ1) is 14.9. The number of primary amides is 1. The maximum absolute atomic E-state index is 12.8. The summed E-state index contributed by atoms with van der Waals surface area (Å²) >= 11 is 0. The number of anilines is 1. The van der Waals surface area contributed by atoms with Crippen LogP contribution in [-0.2, 0) is 22.7 Å². The molecular formula is C23H25N5O3. The normalized spacial score (nSPS) is 16.5. The number of benzene rings is 2. The molecule has 2 heterocycles. The molecular weight excluding hydrogens is 394 g/mol. The molecule has 160 valence electrons. The quantitative estimate of drug-likeness (QED) is 0.633. The lowest BCUT2D eigenvalue weighted by molar-refractivity contribution is -0.122. The monoisotopic (exact) mass is 419 g/mol. The number of nitrogens with zero attached hydrogens (tertiary/aromatic N) is 3. The standard InChI is InChI=1S/C23H25N5O3/c1-15-25-19-10-5-3-8-17(19)23(31)28(15)14-21(29)26-18-9-4-2-7-16(18)13-27-12-6-11-20(27)22(24)30/h2-5,7-10,20H,6,11-14H2,1H3,(H2,24,30)(H,26,29). The van der Waals surface area contributed by atoms with Crippen LogP contribution < -0.4 is 16.6 Å². The fourth-order valence-corrected chi connectivity index (χ4v) is 4.14. The van der Waals surface area contributed by atoms with Gasteiger partial charge in [0, 0.05) is 12.2 Å². The first-order valence-electron chi connectivity index (χ1n) is 10.3. The molecule has 2 aromatic carbocycles. The van der Waals surface area contributed by atoms with Crippen LogP contribution in [-0.4, -0.2) is 38.9 Å². The Morgan fingerprint density at radius 3 is 2.71 bits per heavy atom. The molecule has 2 amide bonds. The van der Waals surface area contributed by atoms with E-state index in [0.29, 0.717) is 29.0 Å². The maximum atomic E-state index is 12.8. The fraction of sp³-hybridized carbons (Fsp3) is 0.304. The second-order valence-electron chi connectivity index (χ2n) is 7.80. The van der Waals surface area contributed by atoms with E-state index in [1.54, 1.807) is 25.1 Å². The van der Waals surface area contributed by atoms with Crippen molar-refractivity contribution in [1.29, 1.82) is 0 Å². The van der Waals surface area contributed by atoms with Crippen LogP contribution in [0.15, 0.2) is 53.3 Å². The van der Waals surface area contributed by atoms with E-state index in [9.17, 15) is 14.4 Å². The highest BCUT2D eigenvalue weighted by molar-refractivity contribution is 5.91. The third-order valence-corrected chi connectivity index (χ3v) is 5.71. The molecule has 3 aromatic rings. The third kappa shape index (κ3) is 4.34. The number of para-hydroxylation sites is 2. The molecule has 8 heteroatoms. The molecule has 1 aliphatic heterocycles. The Balaban J connectivity index is 1.53. The molecule has 0 saturated carbocycles. The maximum Gasteiger partial charge on any atom is 0.261 e. The summed E-state index contributed by atoms with van der Waals surface area (Å²) in [5, 5.41) is 3.39. The number of likely N-dealkylation sites (tertiary alicyclic amines) is 1. The van der Waals surface area contributed by atoms with Gasteiger partial charge >= 0.3 is 0 Å². The second kappa shape index (κ2) is 8.69. The fourth-order valence-electron chi connectivity index (χ4n) is 4.14. The molecule has 0 radical (unpaired) electrons. The number of rotatable bonds is 6. The molecule has 0 aliphatic carbocycles. The Morgan fingerprint density at radius 2 is 1.90 bits per heavy atom. The van der Waals surface area contributed by atoms with Crippen molar-refractivity contribution in [1.82, 2.24) is 14.5 Å². The Morgan fingerprint density at radius 1 is 1.16 bits per heavy atom. The van der Waals surface area contributed by atoms with Crippen molar-refractivity contribution >= 4 is 28.4 Å². The predicted octanol–water partition coefficient (Wildman–Crippen LogP) is 1.79. The molecule has 1 atom stereocenters. The van der Waals surface area contributed by atoms with Gasteiger partial charge in [0.05, 0.1) is 16.9 Å². The first-order valence-corrected chi connectivity index (χ1v) is 10.3. The van der Waals surface area contributed by atoms with Crippen LogP contribution in [0.5, 0.6) is 0 Å². The smallest absolute Gasteiger partial charge is 0.261 e. The minimum Gasteiger partial charge on any atom is -0.368 e. The molecule has 1 aromatic heterocycles. The minimum atomic E-state index is -0.322. The average Bonchev–Trinajstić information content (AvgIpc) is 3.21. The topological polar surface area (TPSA) is 110 Å². The van der Waals surface area contributed by atoms with Crippen LogP contribution in [0.4, 0.5) is 5.69 Å². The van der Waals surface area contributed by atoms with Crippen LogP contribution in [0.2, 0.25) is 0 Å². The van der Waals surface area contributed by atoms with E-state index in [2.05, 4.69) is 10.3 Å². The highest BCUT2D eigenvalue weighted by Gasteiger charge is 2.29. The Kier molecular flexibility index (Phi) is 5.81. The number of hydrogen-bond donors (Lipinski definition) is 2. The molecule has 1 unspecified atom stereocenters. The number of aromatic nitrogens is 2. The van der Waals surface area contributed by atoms with Gasteiger partial charge in [0.1, 0.15) is 12.4 Å². The van der Waals surface area contributed by atoms with Crippen molar-refractivity contribution < 1.29 is 9.59 Å². The summed E-state index contributed by atoms with van der Waals surface area (Å²) in [6.45, 7) is 2.88. The van der Waals surface area contributed by atoms with E-state index in [0.717, 1.165) is 24.9 Å². The van der Waals surface area contributed by atoms with Gasteiger partial charge < -0.3 is 11.1 Å². The van der Waals surface area contributed by atoms with E-state index in [1.165, 1.54) is 4.57 Å². The van der Waals surface area contributed by atoms with Gasteiger partial charge in [0.25, 0.3) is 5.56 Å². The zero-order valence-electron chi connectivity index (χ0n) is 17.4. The lowest BCUT2D eigenvalue weighted by atomic mass is 10.1. The molecule has 1 saturated heterocycles. The summed E-state index contributed by atoms with van der Waals surface area (Å²) in [6, 6.07) is 14.3. The van der Waals surface area contributed by atoms with Crippen molar-refractivity contribution in [3.8, 4) is 0 Å². The number of hydrogen-bond acceptors (Lipinski definition) is 5. The predicted molar refractivity (Wildman–Crippen MR) is 118 cm³/mol. The number of amides is 2. The SMILES string of the molecule is Cc1nc2ccccc2c(=O)n1CC(=O)Nc1ccccc1CN1CCCC1C(N)=O. The van der Waals surface area contributed by atoms with Gasteiger partial charge in [-0.3, -0.25) is 23.9 Å². The van der Waals surface area contributed by atoms with Gasteiger partial charge in [0.15, 0.2) is 0 Å². The third-order valence-electron chi connectivity index (χ3n) is 5.71. The molecule has 0 bridgehead atoms. The van der Waals surface area contributed by atoms with Crippen molar-refractivity contribution in [3.63, 3.8) is 0 Å². The van der Waals surface area contributed by atoms with Gasteiger partial charge in [-0.2, -0.15) is 0 Å². The van der Waals surface area contributed by atoms with E-state index >= 15 is 0 Å². The summed E-state index contributed by atoms with van der Waals surface area (Å²) in [5.74, 6) is -0.159. The number of aryl methyl sites for hydroxylation is 1. The molecule has 4 rings (SSSR count). The lowest BCUT2D eigenvalue weighted by Crippen LogP contribution is -2.39. The van der Waals surface area contributed by atoms with Gasteiger partial charge in [-0.05, 0) is 50.1 Å². The lowest BCUT2D eigenvalue weighted by Gasteiger charge is -2.23. The van der Waals surface area contributed by atoms with E-state index in [-0.39, 0.29) is 30.0 Å². The van der Waals surface area contributed by atoms with Crippen molar-refractivity contribution in [3.05, 3.63) is 70.3 Å². The van der Waals surface area contributed by atoms with Gasteiger partial charge in [-0.25, -0.2) is 4.98 Å². The number of nitrogens with two attached hydrogens (primary N) is 1. The highest BCUT2D eigenvalue weighted by Crippen LogP contribution is 2.23. The summed E-state index contributed by atoms with van der Waals surface area (Å²) in [6.07, 6.45) is 1.67. The summed E-state index contributed by atoms with van der Waals surface area (Å²) in [7, 11) is 0. The molecule has 0 spiro atoms. The Bertz CT molecular complexity index is 1200. The molecule has 1 aliphatic rings. The highest BCUT2D eigenvalue weighted by atomic mass is 16.2. The number of fused-ring (bicyclic) bond motifs is 1. The Hall–Kier alpha value is -3.52.